The maximum atomic E-state index is 3.58. The molecule has 1 heteroatoms. The van der Waals surface area contributed by atoms with Gasteiger partial charge in [0.25, 0.3) is 0 Å². The van der Waals surface area contributed by atoms with Crippen LogP contribution in [0.3, 0.4) is 0 Å². The minimum absolute atomic E-state index is 0.208. The molecule has 0 aliphatic rings. The van der Waals surface area contributed by atoms with Crippen LogP contribution in [-0.2, 0) is 5.41 Å². The Bertz CT molecular complexity index is 704. The van der Waals surface area contributed by atoms with Crippen molar-refractivity contribution in [3.8, 4) is 0 Å². The second-order valence-electron chi connectivity index (χ2n) is 5.67. The van der Waals surface area contributed by atoms with Gasteiger partial charge in [0.1, 0.15) is 0 Å². The molecule has 0 aliphatic carbocycles. The van der Waals surface area contributed by atoms with Gasteiger partial charge < -0.3 is 4.98 Å². The van der Waals surface area contributed by atoms with Crippen LogP contribution < -0.4 is 0 Å². The van der Waals surface area contributed by atoms with Crippen LogP contribution in [0.4, 0.5) is 0 Å². The van der Waals surface area contributed by atoms with Gasteiger partial charge in [0.15, 0.2) is 0 Å². The quantitative estimate of drug-likeness (QED) is 0.645. The summed E-state index contributed by atoms with van der Waals surface area (Å²) in [5, 5.41) is 3.99. The molecule has 2 aromatic carbocycles. The van der Waals surface area contributed by atoms with Crippen molar-refractivity contribution in [1.29, 1.82) is 0 Å². The third-order valence-corrected chi connectivity index (χ3v) is 4.14. The van der Waals surface area contributed by atoms with Gasteiger partial charge >= 0.3 is 0 Å². The van der Waals surface area contributed by atoms with Gasteiger partial charge in [0.05, 0.1) is 0 Å². The number of hydrogen-bond acceptors (Lipinski definition) is 0. The molecule has 0 spiro atoms. The zero-order valence-electron chi connectivity index (χ0n) is 11.2. The molecule has 0 bridgehead atoms. The van der Waals surface area contributed by atoms with Crippen molar-refractivity contribution in [2.45, 2.75) is 32.6 Å². The van der Waals surface area contributed by atoms with Gasteiger partial charge in [-0.15, -0.1) is 0 Å². The first-order valence-corrected chi connectivity index (χ1v) is 6.63. The van der Waals surface area contributed by atoms with E-state index in [1.165, 1.54) is 27.4 Å². The number of hydrogen-bond donors (Lipinski definition) is 1. The van der Waals surface area contributed by atoms with Gasteiger partial charge in [0.2, 0.25) is 0 Å². The molecule has 0 atom stereocenters. The van der Waals surface area contributed by atoms with Gasteiger partial charge in [-0.05, 0) is 29.3 Å². The lowest BCUT2D eigenvalue weighted by atomic mass is 9.86. The van der Waals surface area contributed by atoms with E-state index in [2.05, 4.69) is 68.2 Å². The third kappa shape index (κ3) is 1.62. The van der Waals surface area contributed by atoms with E-state index < -0.39 is 0 Å². The van der Waals surface area contributed by atoms with Crippen molar-refractivity contribution in [3.05, 3.63) is 48.2 Å². The molecule has 0 radical (unpaired) electrons. The highest BCUT2D eigenvalue weighted by Crippen LogP contribution is 2.32. The van der Waals surface area contributed by atoms with E-state index in [1.54, 1.807) is 0 Å². The second-order valence-corrected chi connectivity index (χ2v) is 5.67. The highest BCUT2D eigenvalue weighted by atomic mass is 14.7. The average Bonchev–Trinajstić information content (AvgIpc) is 2.84. The SMILES string of the molecule is CCC(C)(C)c1cc2c(ccc3ccccc32)[nH]1. The Hall–Kier alpha value is -1.76. The molecule has 0 aliphatic heterocycles. The molecular formula is C17H19N. The van der Waals surface area contributed by atoms with Crippen LogP contribution in [0, 0.1) is 0 Å². The molecule has 92 valence electrons. The molecule has 1 aromatic heterocycles. The highest BCUT2D eigenvalue weighted by molar-refractivity contribution is 6.06. The van der Waals surface area contributed by atoms with Gasteiger partial charge in [-0.1, -0.05) is 51.1 Å². The van der Waals surface area contributed by atoms with Crippen LogP contribution in [0.2, 0.25) is 0 Å². The van der Waals surface area contributed by atoms with Crippen molar-refractivity contribution in [2.24, 2.45) is 0 Å². The zero-order chi connectivity index (χ0) is 12.8. The maximum Gasteiger partial charge on any atom is 0.0462 e. The Morgan fingerprint density at radius 2 is 1.78 bits per heavy atom. The van der Waals surface area contributed by atoms with Crippen LogP contribution in [0.5, 0.6) is 0 Å². The zero-order valence-corrected chi connectivity index (χ0v) is 11.2. The summed E-state index contributed by atoms with van der Waals surface area (Å²) in [6.07, 6.45) is 1.14. The second kappa shape index (κ2) is 3.88. The number of benzene rings is 2. The summed E-state index contributed by atoms with van der Waals surface area (Å²) in [6, 6.07) is 15.3. The number of fused-ring (bicyclic) bond motifs is 3. The number of aromatic amines is 1. The standard InChI is InChI=1S/C17H19N/c1-4-17(2,3)16-11-14-13-8-6-5-7-12(13)9-10-15(14)18-16/h5-11,18H,4H2,1-3H3. The molecule has 3 aromatic rings. The normalized spacial score (nSPS) is 12.4. The summed E-state index contributed by atoms with van der Waals surface area (Å²) >= 11 is 0. The summed E-state index contributed by atoms with van der Waals surface area (Å²) < 4.78 is 0. The molecule has 0 saturated carbocycles. The minimum Gasteiger partial charge on any atom is -0.358 e. The van der Waals surface area contributed by atoms with E-state index in [-0.39, 0.29) is 5.41 Å². The third-order valence-electron chi connectivity index (χ3n) is 4.14. The smallest absolute Gasteiger partial charge is 0.0462 e. The molecular weight excluding hydrogens is 218 g/mol. The Labute approximate surface area is 108 Å². The summed E-state index contributed by atoms with van der Waals surface area (Å²) in [4.78, 5) is 3.58. The molecule has 0 saturated heterocycles. The van der Waals surface area contributed by atoms with Crippen molar-refractivity contribution < 1.29 is 0 Å². The Balaban J connectivity index is 2.32. The van der Waals surface area contributed by atoms with E-state index >= 15 is 0 Å². The predicted octanol–water partition coefficient (Wildman–Crippen LogP) is 5.01. The molecule has 1 nitrogen and oxygen atoms in total. The van der Waals surface area contributed by atoms with Crippen LogP contribution in [0.1, 0.15) is 32.9 Å². The molecule has 1 heterocycles. The number of rotatable bonds is 2. The Morgan fingerprint density at radius 3 is 2.56 bits per heavy atom. The maximum absolute atomic E-state index is 3.58. The highest BCUT2D eigenvalue weighted by Gasteiger charge is 2.20. The first-order chi connectivity index (χ1) is 8.62. The van der Waals surface area contributed by atoms with E-state index in [0.29, 0.717) is 0 Å². The lowest BCUT2D eigenvalue weighted by Crippen LogP contribution is -2.15. The molecule has 1 N–H and O–H groups in total. The van der Waals surface area contributed by atoms with Crippen molar-refractivity contribution in [2.75, 3.05) is 0 Å². The van der Waals surface area contributed by atoms with Crippen LogP contribution in [-0.4, -0.2) is 4.98 Å². The molecule has 0 amide bonds. The topological polar surface area (TPSA) is 15.8 Å². The largest absolute Gasteiger partial charge is 0.358 e. The van der Waals surface area contributed by atoms with Gasteiger partial charge in [-0.25, -0.2) is 0 Å². The van der Waals surface area contributed by atoms with Crippen LogP contribution in [0.25, 0.3) is 21.7 Å². The van der Waals surface area contributed by atoms with Crippen molar-refractivity contribution >= 4 is 21.7 Å². The average molecular weight is 237 g/mol. The van der Waals surface area contributed by atoms with Gasteiger partial charge in [0, 0.05) is 22.0 Å². The number of nitrogens with one attached hydrogen (secondary N) is 1. The molecule has 3 rings (SSSR count). The van der Waals surface area contributed by atoms with Crippen LogP contribution >= 0.6 is 0 Å². The summed E-state index contributed by atoms with van der Waals surface area (Å²) in [7, 11) is 0. The predicted molar refractivity (Wildman–Crippen MR) is 79.1 cm³/mol. The molecule has 0 unspecified atom stereocenters. The summed E-state index contributed by atoms with van der Waals surface area (Å²) in [6.45, 7) is 6.82. The lowest BCUT2D eigenvalue weighted by molar-refractivity contribution is 0.494. The Morgan fingerprint density at radius 1 is 1.00 bits per heavy atom. The fraction of sp³-hybridized carbons (Fsp3) is 0.294. The minimum atomic E-state index is 0.208. The first-order valence-electron chi connectivity index (χ1n) is 6.63. The van der Waals surface area contributed by atoms with E-state index in [0.717, 1.165) is 6.42 Å². The van der Waals surface area contributed by atoms with E-state index in [4.69, 9.17) is 0 Å². The lowest BCUT2D eigenvalue weighted by Gasteiger charge is -2.20. The number of aromatic nitrogens is 1. The van der Waals surface area contributed by atoms with Gasteiger partial charge in [-0.2, -0.15) is 0 Å². The number of H-pyrrole nitrogens is 1. The molecule has 0 fully saturated rings. The molecule has 18 heavy (non-hydrogen) atoms. The van der Waals surface area contributed by atoms with E-state index in [1.807, 2.05) is 0 Å². The summed E-state index contributed by atoms with van der Waals surface area (Å²) in [5.74, 6) is 0. The van der Waals surface area contributed by atoms with E-state index in [9.17, 15) is 0 Å². The van der Waals surface area contributed by atoms with Crippen LogP contribution in [0.15, 0.2) is 42.5 Å². The van der Waals surface area contributed by atoms with Crippen molar-refractivity contribution in [3.63, 3.8) is 0 Å². The first kappa shape index (κ1) is 11.3. The van der Waals surface area contributed by atoms with Gasteiger partial charge in [-0.3, -0.25) is 0 Å². The fourth-order valence-corrected chi connectivity index (χ4v) is 2.44. The fourth-order valence-electron chi connectivity index (χ4n) is 2.44. The Kier molecular flexibility index (Phi) is 2.44. The monoisotopic (exact) mass is 237 g/mol. The summed E-state index contributed by atoms with van der Waals surface area (Å²) in [5.41, 5.74) is 2.78. The van der Waals surface area contributed by atoms with Crippen molar-refractivity contribution in [1.82, 2.24) is 4.98 Å².